The number of hydrogen-bond donors (Lipinski definition) is 0. The van der Waals surface area contributed by atoms with E-state index in [0.29, 0.717) is 55.2 Å². The number of ether oxygens (including phenoxy) is 1. The van der Waals surface area contributed by atoms with Gasteiger partial charge in [0.2, 0.25) is 15.9 Å². The van der Waals surface area contributed by atoms with Crippen molar-refractivity contribution in [1.82, 2.24) is 4.90 Å². The third-order valence-corrected chi connectivity index (χ3v) is 6.55. The number of benzene rings is 1. The summed E-state index contributed by atoms with van der Waals surface area (Å²) in [5.41, 5.74) is 1.12. The molecule has 0 aromatic heterocycles. The zero-order valence-corrected chi connectivity index (χ0v) is 18.9. The largest absolute Gasteiger partial charge is 0.466 e. The highest BCUT2D eigenvalue weighted by atomic mass is 35.5. The lowest BCUT2D eigenvalue weighted by Crippen LogP contribution is -2.53. The maximum Gasteiger partial charge on any atom is 0.309 e. The van der Waals surface area contributed by atoms with Crippen LogP contribution in [0.25, 0.3) is 0 Å². The first-order valence-electron chi connectivity index (χ1n) is 9.81. The van der Waals surface area contributed by atoms with Gasteiger partial charge in [0.25, 0.3) is 0 Å². The molecule has 0 radical (unpaired) electrons. The summed E-state index contributed by atoms with van der Waals surface area (Å²) in [6, 6.07) is 4.11. The van der Waals surface area contributed by atoms with Crippen molar-refractivity contribution in [2.24, 2.45) is 5.92 Å². The van der Waals surface area contributed by atoms with E-state index in [1.165, 1.54) is 4.31 Å². The molecule has 1 aromatic rings. The lowest BCUT2D eigenvalue weighted by molar-refractivity contribution is -0.151. The number of anilines is 1. The summed E-state index contributed by atoms with van der Waals surface area (Å²) in [4.78, 5) is 26.8. The van der Waals surface area contributed by atoms with Crippen molar-refractivity contribution in [2.75, 3.05) is 30.3 Å². The molecule has 0 N–H and O–H groups in total. The third kappa shape index (κ3) is 5.63. The molecule has 1 atom stereocenters. The Morgan fingerprint density at radius 3 is 2.41 bits per heavy atom. The zero-order chi connectivity index (χ0) is 21.8. The number of likely N-dealkylation sites (tertiary alicyclic amines) is 1. The quantitative estimate of drug-likeness (QED) is 0.603. The summed E-state index contributed by atoms with van der Waals surface area (Å²) < 4.78 is 31.5. The molecule has 1 fully saturated rings. The summed E-state index contributed by atoms with van der Waals surface area (Å²) in [7, 11) is -3.73. The second kappa shape index (κ2) is 9.80. The second-order valence-electron chi connectivity index (χ2n) is 7.27. The minimum atomic E-state index is -3.73. The molecule has 0 bridgehead atoms. The molecule has 1 heterocycles. The van der Waals surface area contributed by atoms with E-state index in [2.05, 4.69) is 0 Å². The monoisotopic (exact) mass is 444 g/mol. The molecule has 7 nitrogen and oxygen atoms in total. The number of esters is 1. The molecule has 0 spiro atoms. The average Bonchev–Trinajstić information content (AvgIpc) is 2.67. The van der Waals surface area contributed by atoms with Crippen molar-refractivity contribution in [2.45, 2.75) is 46.1 Å². The number of hydrogen-bond acceptors (Lipinski definition) is 5. The van der Waals surface area contributed by atoms with E-state index < -0.39 is 16.1 Å². The van der Waals surface area contributed by atoms with Crippen molar-refractivity contribution in [3.05, 3.63) is 28.8 Å². The van der Waals surface area contributed by atoms with Gasteiger partial charge in [0, 0.05) is 18.1 Å². The number of rotatable bonds is 7. The van der Waals surface area contributed by atoms with Crippen molar-refractivity contribution >= 4 is 39.2 Å². The maximum atomic E-state index is 13.3. The highest BCUT2D eigenvalue weighted by Crippen LogP contribution is 2.30. The number of amides is 1. The van der Waals surface area contributed by atoms with Gasteiger partial charge in [-0.1, -0.05) is 24.6 Å². The van der Waals surface area contributed by atoms with Crippen LogP contribution in [0.15, 0.2) is 18.2 Å². The van der Waals surface area contributed by atoms with Gasteiger partial charge < -0.3 is 9.64 Å². The smallest absolute Gasteiger partial charge is 0.309 e. The Morgan fingerprint density at radius 1 is 1.28 bits per heavy atom. The van der Waals surface area contributed by atoms with Gasteiger partial charge in [-0.05, 0) is 50.8 Å². The topological polar surface area (TPSA) is 84.0 Å². The molecule has 162 valence electrons. The fraction of sp³-hybridized carbons (Fsp3) is 0.600. The Labute approximate surface area is 178 Å². The molecule has 2 rings (SSSR count). The van der Waals surface area contributed by atoms with E-state index in [0.717, 1.165) is 6.26 Å². The minimum absolute atomic E-state index is 0.222. The van der Waals surface area contributed by atoms with Gasteiger partial charge in [-0.25, -0.2) is 8.42 Å². The van der Waals surface area contributed by atoms with Crippen LogP contribution < -0.4 is 4.31 Å². The number of carbonyl (C=O) groups is 2. The van der Waals surface area contributed by atoms with Gasteiger partial charge in [-0.15, -0.1) is 0 Å². The molecule has 0 aliphatic carbocycles. The Bertz CT molecular complexity index is 850. The van der Waals surface area contributed by atoms with E-state index in [4.69, 9.17) is 16.3 Å². The third-order valence-electron chi connectivity index (χ3n) is 5.15. The van der Waals surface area contributed by atoms with Crippen LogP contribution in [0, 0.1) is 12.8 Å². The van der Waals surface area contributed by atoms with Crippen LogP contribution in [0.5, 0.6) is 0 Å². The standard InChI is InChI=1S/C20H29ClN2O5S/c1-5-17(19(24)22-11-9-15(10-12-22)20(25)28-6-2)23(29(4,26)27)18-13-16(21)8-7-14(18)3/h7-8,13,15,17H,5-6,9-12H2,1-4H3/t17-/m1/s1. The lowest BCUT2D eigenvalue weighted by Gasteiger charge is -2.37. The van der Waals surface area contributed by atoms with E-state index in [1.54, 1.807) is 43.9 Å². The Balaban J connectivity index is 2.26. The van der Waals surface area contributed by atoms with Crippen LogP contribution in [-0.2, 0) is 24.3 Å². The predicted molar refractivity (Wildman–Crippen MR) is 114 cm³/mol. The van der Waals surface area contributed by atoms with Crippen molar-refractivity contribution in [1.29, 1.82) is 0 Å². The Hall–Kier alpha value is -1.80. The molecule has 1 aromatic carbocycles. The predicted octanol–water partition coefficient (Wildman–Crippen LogP) is 2.99. The van der Waals surface area contributed by atoms with Crippen LogP contribution in [0.1, 0.15) is 38.7 Å². The van der Waals surface area contributed by atoms with Gasteiger partial charge in [0.15, 0.2) is 0 Å². The lowest BCUT2D eigenvalue weighted by atomic mass is 9.96. The highest BCUT2D eigenvalue weighted by molar-refractivity contribution is 7.92. The summed E-state index contributed by atoms with van der Waals surface area (Å²) in [6.45, 7) is 6.45. The summed E-state index contributed by atoms with van der Waals surface area (Å²) in [5, 5.41) is 0.400. The molecular weight excluding hydrogens is 416 g/mol. The first-order valence-corrected chi connectivity index (χ1v) is 12.0. The number of nitrogens with zero attached hydrogens (tertiary/aromatic N) is 2. The van der Waals surface area contributed by atoms with E-state index >= 15 is 0 Å². The molecule has 1 aliphatic heterocycles. The Morgan fingerprint density at radius 2 is 1.90 bits per heavy atom. The second-order valence-corrected chi connectivity index (χ2v) is 9.56. The summed E-state index contributed by atoms with van der Waals surface area (Å²) >= 11 is 6.10. The molecule has 9 heteroatoms. The normalized spacial score (nSPS) is 16.4. The zero-order valence-electron chi connectivity index (χ0n) is 17.4. The van der Waals surface area contributed by atoms with E-state index in [1.807, 2.05) is 0 Å². The van der Waals surface area contributed by atoms with Gasteiger partial charge in [-0.3, -0.25) is 13.9 Å². The number of halogens is 1. The SMILES string of the molecule is CCOC(=O)C1CCN(C(=O)[C@@H](CC)N(c2cc(Cl)ccc2C)S(C)(=O)=O)CC1. The number of piperidine rings is 1. The minimum Gasteiger partial charge on any atom is -0.466 e. The van der Waals surface area contributed by atoms with E-state index in [-0.39, 0.29) is 17.8 Å². The first-order chi connectivity index (χ1) is 13.6. The van der Waals surface area contributed by atoms with E-state index in [9.17, 15) is 18.0 Å². The molecule has 0 saturated carbocycles. The molecule has 1 amide bonds. The van der Waals surface area contributed by atoms with Crippen molar-refractivity contribution in [3.8, 4) is 0 Å². The number of carbonyl (C=O) groups excluding carboxylic acids is 2. The Kier molecular flexibility index (Phi) is 7.94. The van der Waals surface area contributed by atoms with Crippen molar-refractivity contribution < 1.29 is 22.7 Å². The van der Waals surface area contributed by atoms with Gasteiger partial charge >= 0.3 is 5.97 Å². The summed E-state index contributed by atoms with van der Waals surface area (Å²) in [5.74, 6) is -0.723. The van der Waals surface area contributed by atoms with Crippen LogP contribution >= 0.6 is 11.6 Å². The first kappa shape index (κ1) is 23.5. The van der Waals surface area contributed by atoms with Gasteiger partial charge in [-0.2, -0.15) is 0 Å². The molecular formula is C20H29ClN2O5S. The maximum absolute atomic E-state index is 13.3. The molecule has 29 heavy (non-hydrogen) atoms. The fourth-order valence-electron chi connectivity index (χ4n) is 3.64. The van der Waals surface area contributed by atoms with Crippen LogP contribution in [0.4, 0.5) is 5.69 Å². The number of aryl methyl sites for hydroxylation is 1. The van der Waals surface area contributed by atoms with Gasteiger partial charge in [0.05, 0.1) is 24.5 Å². The van der Waals surface area contributed by atoms with Crippen LogP contribution in [0.2, 0.25) is 5.02 Å². The fourth-order valence-corrected chi connectivity index (χ4v) is 5.07. The van der Waals surface area contributed by atoms with Crippen LogP contribution in [0.3, 0.4) is 0 Å². The summed E-state index contributed by atoms with van der Waals surface area (Å²) in [6.07, 6.45) is 2.43. The molecule has 0 unspecified atom stereocenters. The van der Waals surface area contributed by atoms with Crippen LogP contribution in [-0.4, -0.2) is 57.2 Å². The number of sulfonamides is 1. The molecule has 1 aliphatic rings. The average molecular weight is 445 g/mol. The van der Waals surface area contributed by atoms with Gasteiger partial charge in [0.1, 0.15) is 6.04 Å². The molecule has 1 saturated heterocycles. The highest BCUT2D eigenvalue weighted by Gasteiger charge is 2.37. The van der Waals surface area contributed by atoms with Crippen molar-refractivity contribution in [3.63, 3.8) is 0 Å².